The quantitative estimate of drug-likeness (QED) is 0.737. The van der Waals surface area contributed by atoms with Crippen molar-refractivity contribution in [2.45, 2.75) is 50.4 Å². The third-order valence-electron chi connectivity index (χ3n) is 3.38. The molecule has 1 rings (SSSR count). The van der Waals surface area contributed by atoms with Gasteiger partial charge in [-0.15, -0.1) is 0 Å². The van der Waals surface area contributed by atoms with Gasteiger partial charge in [0.25, 0.3) is 0 Å². The van der Waals surface area contributed by atoms with Gasteiger partial charge in [-0.3, -0.25) is 0 Å². The van der Waals surface area contributed by atoms with Crippen LogP contribution in [0.3, 0.4) is 0 Å². The summed E-state index contributed by atoms with van der Waals surface area (Å²) >= 11 is 1.75. The molecule has 0 heterocycles. The maximum atomic E-state index is 9.18. The summed E-state index contributed by atoms with van der Waals surface area (Å²) in [5.41, 5.74) is 0. The summed E-state index contributed by atoms with van der Waals surface area (Å²) in [6.45, 7) is 4.78. The van der Waals surface area contributed by atoms with Gasteiger partial charge in [-0.2, -0.15) is 11.8 Å². The molecular formula is C11H23NOS. The van der Waals surface area contributed by atoms with Crippen molar-refractivity contribution in [1.29, 1.82) is 0 Å². The summed E-state index contributed by atoms with van der Waals surface area (Å²) < 4.78 is 0. The van der Waals surface area contributed by atoms with Crippen molar-refractivity contribution in [3.05, 3.63) is 0 Å². The van der Waals surface area contributed by atoms with Crippen LogP contribution < -0.4 is 5.32 Å². The molecule has 1 aliphatic carbocycles. The van der Waals surface area contributed by atoms with Crippen LogP contribution in [0.4, 0.5) is 0 Å². The molecule has 1 saturated carbocycles. The van der Waals surface area contributed by atoms with Gasteiger partial charge in [0.15, 0.2) is 0 Å². The summed E-state index contributed by atoms with van der Waals surface area (Å²) in [5, 5.41) is 13.2. The number of hydrogen-bond donors (Lipinski definition) is 2. The van der Waals surface area contributed by atoms with Crippen molar-refractivity contribution in [1.82, 2.24) is 5.32 Å². The van der Waals surface area contributed by atoms with Crippen LogP contribution in [-0.4, -0.2) is 35.3 Å². The van der Waals surface area contributed by atoms with Crippen LogP contribution in [0.25, 0.3) is 0 Å². The molecule has 84 valence electrons. The monoisotopic (exact) mass is 217 g/mol. The van der Waals surface area contributed by atoms with Crippen LogP contribution in [-0.2, 0) is 0 Å². The van der Waals surface area contributed by atoms with Gasteiger partial charge in [0.05, 0.1) is 6.61 Å². The van der Waals surface area contributed by atoms with Crippen molar-refractivity contribution in [3.8, 4) is 0 Å². The highest BCUT2D eigenvalue weighted by Crippen LogP contribution is 2.26. The molecule has 0 aromatic heterocycles. The average Bonchev–Trinajstić information content (AvgIpc) is 2.54. The van der Waals surface area contributed by atoms with Crippen molar-refractivity contribution in [2.75, 3.05) is 12.9 Å². The van der Waals surface area contributed by atoms with E-state index in [9.17, 15) is 5.11 Å². The molecule has 0 bridgehead atoms. The Bertz CT molecular complexity index is 161. The van der Waals surface area contributed by atoms with E-state index in [0.29, 0.717) is 17.3 Å². The van der Waals surface area contributed by atoms with Crippen LogP contribution in [0.1, 0.15) is 33.1 Å². The first-order valence-corrected chi connectivity index (χ1v) is 6.87. The highest BCUT2D eigenvalue weighted by Gasteiger charge is 2.26. The Balaban J connectivity index is 2.34. The lowest BCUT2D eigenvalue weighted by atomic mass is 10.0. The molecule has 14 heavy (non-hydrogen) atoms. The molecule has 0 amide bonds. The van der Waals surface area contributed by atoms with Gasteiger partial charge >= 0.3 is 0 Å². The number of hydrogen-bond acceptors (Lipinski definition) is 3. The summed E-state index contributed by atoms with van der Waals surface area (Å²) in [7, 11) is 0. The van der Waals surface area contributed by atoms with E-state index >= 15 is 0 Å². The van der Waals surface area contributed by atoms with E-state index in [1.165, 1.54) is 19.3 Å². The molecule has 0 saturated heterocycles. The van der Waals surface area contributed by atoms with Gasteiger partial charge < -0.3 is 10.4 Å². The van der Waals surface area contributed by atoms with Gasteiger partial charge in [-0.25, -0.2) is 0 Å². The Morgan fingerprint density at radius 3 is 2.64 bits per heavy atom. The third-order valence-corrected chi connectivity index (χ3v) is 4.54. The predicted molar refractivity (Wildman–Crippen MR) is 63.8 cm³/mol. The minimum absolute atomic E-state index is 0.274. The number of nitrogens with one attached hydrogen (secondary N) is 1. The minimum atomic E-state index is 0.274. The van der Waals surface area contributed by atoms with Crippen molar-refractivity contribution >= 4 is 11.8 Å². The van der Waals surface area contributed by atoms with E-state index in [4.69, 9.17) is 0 Å². The second kappa shape index (κ2) is 5.99. The Hall–Kier alpha value is 0.270. The fourth-order valence-electron chi connectivity index (χ4n) is 2.27. The van der Waals surface area contributed by atoms with E-state index < -0.39 is 0 Å². The number of aliphatic hydroxyl groups is 1. The molecule has 0 aromatic carbocycles. The van der Waals surface area contributed by atoms with E-state index in [-0.39, 0.29) is 6.61 Å². The van der Waals surface area contributed by atoms with Crippen LogP contribution in [0.2, 0.25) is 0 Å². The van der Waals surface area contributed by atoms with Gasteiger partial charge in [0, 0.05) is 17.3 Å². The molecule has 2 N–H and O–H groups in total. The molecule has 1 fully saturated rings. The van der Waals surface area contributed by atoms with Crippen LogP contribution >= 0.6 is 11.8 Å². The molecule has 0 aliphatic heterocycles. The molecule has 2 nitrogen and oxygen atoms in total. The highest BCUT2D eigenvalue weighted by atomic mass is 32.2. The SMILES string of the molecule is CSC(CO)C(C)NC1CCCC1C. The van der Waals surface area contributed by atoms with E-state index in [1.54, 1.807) is 11.8 Å². The van der Waals surface area contributed by atoms with Crippen molar-refractivity contribution < 1.29 is 5.11 Å². The minimum Gasteiger partial charge on any atom is -0.395 e. The molecule has 0 aromatic rings. The molecule has 4 unspecified atom stereocenters. The lowest BCUT2D eigenvalue weighted by Gasteiger charge is -2.27. The first-order valence-electron chi connectivity index (χ1n) is 5.58. The fourth-order valence-corrected chi connectivity index (χ4v) is 2.91. The van der Waals surface area contributed by atoms with E-state index in [2.05, 4.69) is 25.4 Å². The summed E-state index contributed by atoms with van der Waals surface area (Å²) in [6.07, 6.45) is 6.08. The Labute approximate surface area is 91.9 Å². The molecule has 0 radical (unpaired) electrons. The second-order valence-electron chi connectivity index (χ2n) is 4.43. The molecule has 0 spiro atoms. The van der Waals surface area contributed by atoms with E-state index in [0.717, 1.165) is 5.92 Å². The molecule has 4 atom stereocenters. The summed E-state index contributed by atoms with van der Waals surface area (Å²) in [4.78, 5) is 0. The van der Waals surface area contributed by atoms with Crippen LogP contribution in [0.15, 0.2) is 0 Å². The standard InChI is InChI=1S/C11H23NOS/c1-8-5-4-6-10(8)12-9(2)11(7-13)14-3/h8-13H,4-7H2,1-3H3. The number of rotatable bonds is 5. The van der Waals surface area contributed by atoms with Gasteiger partial charge in [0.1, 0.15) is 0 Å². The Morgan fingerprint density at radius 2 is 2.21 bits per heavy atom. The van der Waals surface area contributed by atoms with Crippen molar-refractivity contribution in [3.63, 3.8) is 0 Å². The highest BCUT2D eigenvalue weighted by molar-refractivity contribution is 7.99. The summed E-state index contributed by atoms with van der Waals surface area (Å²) in [6, 6.07) is 1.09. The molecule has 1 aliphatic rings. The smallest absolute Gasteiger partial charge is 0.0564 e. The Kier molecular flexibility index (Phi) is 5.28. The lowest BCUT2D eigenvalue weighted by Crippen LogP contribution is -2.44. The third kappa shape index (κ3) is 3.14. The largest absolute Gasteiger partial charge is 0.395 e. The average molecular weight is 217 g/mol. The summed E-state index contributed by atoms with van der Waals surface area (Å²) in [5.74, 6) is 0.804. The maximum Gasteiger partial charge on any atom is 0.0564 e. The van der Waals surface area contributed by atoms with Gasteiger partial charge in [-0.1, -0.05) is 13.3 Å². The zero-order valence-corrected chi connectivity index (χ0v) is 10.3. The molecule has 3 heteroatoms. The van der Waals surface area contributed by atoms with Gasteiger partial charge in [-0.05, 0) is 31.9 Å². The first-order chi connectivity index (χ1) is 6.69. The fraction of sp³-hybridized carbons (Fsp3) is 1.00. The number of thioether (sulfide) groups is 1. The van der Waals surface area contributed by atoms with Crippen molar-refractivity contribution in [2.24, 2.45) is 5.92 Å². The number of aliphatic hydroxyl groups excluding tert-OH is 1. The zero-order chi connectivity index (χ0) is 10.6. The van der Waals surface area contributed by atoms with Crippen LogP contribution in [0, 0.1) is 5.92 Å². The maximum absolute atomic E-state index is 9.18. The molecular weight excluding hydrogens is 194 g/mol. The van der Waals surface area contributed by atoms with Crippen LogP contribution in [0.5, 0.6) is 0 Å². The normalized spacial score (nSPS) is 31.7. The van der Waals surface area contributed by atoms with E-state index in [1.807, 2.05) is 0 Å². The Morgan fingerprint density at radius 1 is 1.50 bits per heavy atom. The lowest BCUT2D eigenvalue weighted by molar-refractivity contribution is 0.264. The van der Waals surface area contributed by atoms with Gasteiger partial charge in [0.2, 0.25) is 0 Å². The second-order valence-corrected chi connectivity index (χ2v) is 5.50. The zero-order valence-electron chi connectivity index (χ0n) is 9.49. The first kappa shape index (κ1) is 12.3. The predicted octanol–water partition coefficient (Wildman–Crippen LogP) is 1.88. The topological polar surface area (TPSA) is 32.3 Å².